The SMILES string of the molecule is Cn1c(O)c(C2=NN[C@@H](c3ccc(Br)cc3)C2)c(=O)n(C)c1=O. The largest absolute Gasteiger partial charge is 0.494 e. The molecule has 7 nitrogen and oxygen atoms in total. The number of benzene rings is 1. The molecule has 0 spiro atoms. The lowest BCUT2D eigenvalue weighted by Gasteiger charge is -2.11. The van der Waals surface area contributed by atoms with Crippen molar-refractivity contribution in [3.63, 3.8) is 0 Å². The van der Waals surface area contributed by atoms with Crippen molar-refractivity contribution in [2.75, 3.05) is 0 Å². The van der Waals surface area contributed by atoms with Crippen molar-refractivity contribution in [1.29, 1.82) is 0 Å². The first-order valence-electron chi connectivity index (χ1n) is 6.97. The van der Waals surface area contributed by atoms with Crippen LogP contribution in [0.15, 0.2) is 43.4 Å². The van der Waals surface area contributed by atoms with Crippen LogP contribution in [0.3, 0.4) is 0 Å². The van der Waals surface area contributed by atoms with Gasteiger partial charge in [-0.1, -0.05) is 28.1 Å². The third kappa shape index (κ3) is 2.59. The first kappa shape index (κ1) is 15.5. The molecule has 8 heteroatoms. The zero-order chi connectivity index (χ0) is 16.7. The average molecular weight is 379 g/mol. The van der Waals surface area contributed by atoms with Crippen LogP contribution in [0.1, 0.15) is 23.6 Å². The van der Waals surface area contributed by atoms with E-state index in [1.807, 2.05) is 24.3 Å². The van der Waals surface area contributed by atoms with Gasteiger partial charge in [0.05, 0.1) is 11.8 Å². The fraction of sp³-hybridized carbons (Fsp3) is 0.267. The van der Waals surface area contributed by atoms with Gasteiger partial charge in [0.25, 0.3) is 5.56 Å². The fourth-order valence-corrected chi connectivity index (χ4v) is 2.84. The first-order chi connectivity index (χ1) is 10.9. The normalized spacial score (nSPS) is 17.0. The molecular weight excluding hydrogens is 364 g/mol. The van der Waals surface area contributed by atoms with E-state index in [0.29, 0.717) is 12.1 Å². The van der Waals surface area contributed by atoms with Gasteiger partial charge >= 0.3 is 5.69 Å². The minimum Gasteiger partial charge on any atom is -0.494 e. The lowest BCUT2D eigenvalue weighted by molar-refractivity contribution is 0.410. The monoisotopic (exact) mass is 378 g/mol. The van der Waals surface area contributed by atoms with Crippen LogP contribution in [0.25, 0.3) is 0 Å². The molecule has 2 N–H and O–H groups in total. The third-order valence-corrected chi connectivity index (χ3v) is 4.48. The standard InChI is InChI=1S/C15H15BrN4O3/c1-19-13(21)12(14(22)20(2)15(19)23)11-7-10(17-18-11)8-3-5-9(16)6-4-8/h3-6,10,17,21H,7H2,1-2H3/t10-/m1/s1. The quantitative estimate of drug-likeness (QED) is 0.815. The zero-order valence-electron chi connectivity index (χ0n) is 12.6. The molecular formula is C15H15BrN4O3. The highest BCUT2D eigenvalue weighted by Gasteiger charge is 2.27. The Hall–Kier alpha value is -2.35. The van der Waals surface area contributed by atoms with E-state index in [4.69, 9.17) is 0 Å². The number of nitrogens with zero attached hydrogens (tertiary/aromatic N) is 3. The molecule has 0 saturated heterocycles. The smallest absolute Gasteiger partial charge is 0.333 e. The predicted octanol–water partition coefficient (Wildman–Crippen LogP) is 0.991. The van der Waals surface area contributed by atoms with Gasteiger partial charge in [-0.15, -0.1) is 0 Å². The van der Waals surface area contributed by atoms with E-state index in [9.17, 15) is 14.7 Å². The van der Waals surface area contributed by atoms with E-state index >= 15 is 0 Å². The van der Waals surface area contributed by atoms with Gasteiger partial charge in [-0.05, 0) is 17.7 Å². The summed E-state index contributed by atoms with van der Waals surface area (Å²) in [5, 5.41) is 14.4. The Morgan fingerprint density at radius 3 is 2.52 bits per heavy atom. The number of hydrogen-bond donors (Lipinski definition) is 2. The molecule has 120 valence electrons. The van der Waals surface area contributed by atoms with E-state index in [1.165, 1.54) is 14.1 Å². The lowest BCUT2D eigenvalue weighted by Crippen LogP contribution is -2.39. The van der Waals surface area contributed by atoms with Crippen molar-refractivity contribution in [1.82, 2.24) is 14.6 Å². The molecule has 1 aliphatic rings. The first-order valence-corrected chi connectivity index (χ1v) is 7.76. The maximum absolute atomic E-state index is 12.3. The summed E-state index contributed by atoms with van der Waals surface area (Å²) in [4.78, 5) is 24.1. The van der Waals surface area contributed by atoms with E-state index < -0.39 is 11.2 Å². The maximum Gasteiger partial charge on any atom is 0.333 e. The third-order valence-electron chi connectivity index (χ3n) is 3.95. The van der Waals surface area contributed by atoms with Crippen LogP contribution in [0, 0.1) is 0 Å². The Labute approximate surface area is 140 Å². The summed E-state index contributed by atoms with van der Waals surface area (Å²) in [5.74, 6) is -0.366. The highest BCUT2D eigenvalue weighted by Crippen LogP contribution is 2.26. The van der Waals surface area contributed by atoms with Crippen molar-refractivity contribution in [3.8, 4) is 5.88 Å². The molecule has 0 aliphatic carbocycles. The lowest BCUT2D eigenvalue weighted by atomic mass is 10.00. The summed E-state index contributed by atoms with van der Waals surface area (Å²) in [6.07, 6.45) is 0.447. The van der Waals surface area contributed by atoms with Crippen molar-refractivity contribution in [2.45, 2.75) is 12.5 Å². The summed E-state index contributed by atoms with van der Waals surface area (Å²) in [7, 11) is 2.79. The number of nitrogens with one attached hydrogen (secondary N) is 1. The molecule has 1 aliphatic heterocycles. The van der Waals surface area contributed by atoms with Gasteiger partial charge in [0, 0.05) is 25.0 Å². The number of rotatable bonds is 2. The Morgan fingerprint density at radius 2 is 1.87 bits per heavy atom. The zero-order valence-corrected chi connectivity index (χ0v) is 14.2. The molecule has 1 aromatic heterocycles. The minimum atomic E-state index is -0.577. The summed E-state index contributed by atoms with van der Waals surface area (Å²) < 4.78 is 2.97. The van der Waals surface area contributed by atoms with E-state index in [2.05, 4.69) is 26.5 Å². The second kappa shape index (κ2) is 5.69. The van der Waals surface area contributed by atoms with Gasteiger partial charge in [-0.3, -0.25) is 13.9 Å². The summed E-state index contributed by atoms with van der Waals surface area (Å²) in [6.45, 7) is 0. The van der Waals surface area contributed by atoms with Crippen molar-refractivity contribution < 1.29 is 5.11 Å². The number of aromatic nitrogens is 2. The minimum absolute atomic E-state index is 0.0571. The van der Waals surface area contributed by atoms with E-state index in [-0.39, 0.29) is 17.5 Å². The maximum atomic E-state index is 12.3. The molecule has 0 saturated carbocycles. The van der Waals surface area contributed by atoms with Crippen LogP contribution in [0.4, 0.5) is 0 Å². The Balaban J connectivity index is 1.98. The number of halogens is 1. The highest BCUT2D eigenvalue weighted by atomic mass is 79.9. The molecule has 0 bridgehead atoms. The van der Waals surface area contributed by atoms with E-state index in [1.54, 1.807) is 0 Å². The van der Waals surface area contributed by atoms with Crippen LogP contribution in [-0.4, -0.2) is 20.0 Å². The average Bonchev–Trinajstić information content (AvgIpc) is 3.01. The molecule has 1 aromatic carbocycles. The molecule has 0 amide bonds. The molecule has 0 fully saturated rings. The molecule has 0 unspecified atom stereocenters. The van der Waals surface area contributed by atoms with Crippen LogP contribution in [0.2, 0.25) is 0 Å². The molecule has 2 aromatic rings. The van der Waals surface area contributed by atoms with Crippen LogP contribution in [0.5, 0.6) is 5.88 Å². The number of aromatic hydroxyl groups is 1. The second-order valence-corrected chi connectivity index (χ2v) is 6.32. The van der Waals surface area contributed by atoms with E-state index in [0.717, 1.165) is 19.2 Å². The van der Waals surface area contributed by atoms with Gasteiger partial charge < -0.3 is 10.5 Å². The topological polar surface area (TPSA) is 88.6 Å². The summed E-state index contributed by atoms with van der Waals surface area (Å²) in [6, 6.07) is 7.69. The number of hydrogen-bond acceptors (Lipinski definition) is 5. The Morgan fingerprint density at radius 1 is 1.22 bits per heavy atom. The van der Waals surface area contributed by atoms with Gasteiger partial charge in [-0.2, -0.15) is 5.10 Å². The molecule has 0 radical (unpaired) electrons. The van der Waals surface area contributed by atoms with Crippen molar-refractivity contribution >= 4 is 21.6 Å². The molecule has 23 heavy (non-hydrogen) atoms. The van der Waals surface area contributed by atoms with Crippen LogP contribution >= 0.6 is 15.9 Å². The fourth-order valence-electron chi connectivity index (χ4n) is 2.57. The van der Waals surface area contributed by atoms with Crippen LogP contribution in [-0.2, 0) is 14.1 Å². The molecule has 2 heterocycles. The van der Waals surface area contributed by atoms with Crippen molar-refractivity contribution in [3.05, 3.63) is 60.7 Å². The van der Waals surface area contributed by atoms with Crippen molar-refractivity contribution in [2.24, 2.45) is 19.2 Å². The Kier molecular flexibility index (Phi) is 3.85. The van der Waals surface area contributed by atoms with Gasteiger partial charge in [0.2, 0.25) is 5.88 Å². The predicted molar refractivity (Wildman–Crippen MR) is 89.8 cm³/mol. The molecule has 3 rings (SSSR count). The van der Waals surface area contributed by atoms with Gasteiger partial charge in [-0.25, -0.2) is 4.79 Å². The summed E-state index contributed by atoms with van der Waals surface area (Å²) in [5.41, 5.74) is 3.36. The summed E-state index contributed by atoms with van der Waals surface area (Å²) >= 11 is 3.39. The van der Waals surface area contributed by atoms with Gasteiger partial charge in [0.1, 0.15) is 5.56 Å². The molecule has 1 atom stereocenters. The Bertz CT molecular complexity index is 912. The second-order valence-electron chi connectivity index (χ2n) is 5.40. The van der Waals surface area contributed by atoms with Gasteiger partial charge in [0.15, 0.2) is 0 Å². The number of hydrazone groups is 1. The van der Waals surface area contributed by atoms with Crippen LogP contribution < -0.4 is 16.7 Å². The highest BCUT2D eigenvalue weighted by molar-refractivity contribution is 9.10.